The predicted molar refractivity (Wildman–Crippen MR) is 85.7 cm³/mol. The van der Waals surface area contributed by atoms with E-state index in [0.717, 1.165) is 22.5 Å². The van der Waals surface area contributed by atoms with Crippen LogP contribution in [0.5, 0.6) is 0 Å². The molecule has 1 N–H and O–H groups in total. The third-order valence-electron chi connectivity index (χ3n) is 3.35. The van der Waals surface area contributed by atoms with E-state index < -0.39 is 5.97 Å². The van der Waals surface area contributed by atoms with Crippen molar-refractivity contribution in [1.29, 1.82) is 0 Å². The van der Waals surface area contributed by atoms with E-state index in [1.54, 1.807) is 35.0 Å². The second kappa shape index (κ2) is 5.66. The molecular formula is C17H13ClN2O2. The molecule has 0 unspecified atom stereocenters. The molecule has 22 heavy (non-hydrogen) atoms. The molecule has 0 radical (unpaired) electrons. The first-order chi connectivity index (χ1) is 10.5. The summed E-state index contributed by atoms with van der Waals surface area (Å²) in [7, 11) is 0. The van der Waals surface area contributed by atoms with Crippen molar-refractivity contribution in [2.45, 2.75) is 6.92 Å². The highest BCUT2D eigenvalue weighted by Gasteiger charge is 2.15. The average Bonchev–Trinajstić information content (AvgIpc) is 2.94. The van der Waals surface area contributed by atoms with Crippen LogP contribution in [0.2, 0.25) is 5.02 Å². The summed E-state index contributed by atoms with van der Waals surface area (Å²) in [5.41, 5.74) is 3.53. The Morgan fingerprint density at radius 3 is 2.32 bits per heavy atom. The van der Waals surface area contributed by atoms with E-state index in [2.05, 4.69) is 5.10 Å². The van der Waals surface area contributed by atoms with Gasteiger partial charge in [0.1, 0.15) is 0 Å². The number of halogens is 1. The summed E-state index contributed by atoms with van der Waals surface area (Å²) >= 11 is 5.91. The summed E-state index contributed by atoms with van der Waals surface area (Å²) in [6.07, 6.45) is 0. The van der Waals surface area contributed by atoms with E-state index >= 15 is 0 Å². The van der Waals surface area contributed by atoms with Crippen molar-refractivity contribution in [1.82, 2.24) is 9.78 Å². The van der Waals surface area contributed by atoms with Crippen LogP contribution in [0.25, 0.3) is 16.9 Å². The third-order valence-corrected chi connectivity index (χ3v) is 3.60. The van der Waals surface area contributed by atoms with Crippen LogP contribution in [-0.2, 0) is 0 Å². The lowest BCUT2D eigenvalue weighted by Gasteiger charge is -2.08. The zero-order chi connectivity index (χ0) is 15.7. The minimum absolute atomic E-state index is 0.00512. The fourth-order valence-electron chi connectivity index (χ4n) is 2.19. The number of rotatable bonds is 3. The third kappa shape index (κ3) is 2.73. The summed E-state index contributed by atoms with van der Waals surface area (Å²) < 4.78 is 1.62. The SMILES string of the molecule is Cc1ccc(-c2cc(C(=O)O)nn2-c2ccc(Cl)cc2)cc1. The monoisotopic (exact) mass is 312 g/mol. The standard InChI is InChI=1S/C17H13ClN2O2/c1-11-2-4-12(5-3-11)16-10-15(17(21)22)19-20(16)14-8-6-13(18)7-9-14/h2-10H,1H3,(H,21,22). The smallest absolute Gasteiger partial charge is 0.356 e. The molecule has 2 aromatic carbocycles. The Morgan fingerprint density at radius 1 is 1.09 bits per heavy atom. The van der Waals surface area contributed by atoms with E-state index in [-0.39, 0.29) is 5.69 Å². The van der Waals surface area contributed by atoms with Crippen molar-refractivity contribution >= 4 is 17.6 Å². The highest BCUT2D eigenvalue weighted by molar-refractivity contribution is 6.30. The molecule has 0 aliphatic rings. The number of carboxylic acid groups (broad SMARTS) is 1. The highest BCUT2D eigenvalue weighted by atomic mass is 35.5. The first-order valence-electron chi connectivity index (χ1n) is 6.71. The van der Waals surface area contributed by atoms with Gasteiger partial charge in [-0.15, -0.1) is 0 Å². The lowest BCUT2D eigenvalue weighted by atomic mass is 10.1. The summed E-state index contributed by atoms with van der Waals surface area (Å²) in [6.45, 7) is 2.00. The van der Waals surface area contributed by atoms with Crippen LogP contribution in [-0.4, -0.2) is 20.9 Å². The molecule has 0 bridgehead atoms. The molecule has 0 atom stereocenters. The van der Waals surface area contributed by atoms with Crippen molar-refractivity contribution in [3.05, 3.63) is 70.9 Å². The first-order valence-corrected chi connectivity index (χ1v) is 7.09. The number of carboxylic acids is 1. The number of aryl methyl sites for hydroxylation is 1. The number of hydrogen-bond donors (Lipinski definition) is 1. The van der Waals surface area contributed by atoms with Crippen LogP contribution >= 0.6 is 11.6 Å². The van der Waals surface area contributed by atoms with Gasteiger partial charge in [-0.05, 0) is 37.3 Å². The van der Waals surface area contributed by atoms with Crippen molar-refractivity contribution in [3.63, 3.8) is 0 Å². The molecule has 110 valence electrons. The minimum Gasteiger partial charge on any atom is -0.476 e. The number of hydrogen-bond acceptors (Lipinski definition) is 2. The molecule has 1 heterocycles. The van der Waals surface area contributed by atoms with Gasteiger partial charge < -0.3 is 5.11 Å². The van der Waals surface area contributed by atoms with E-state index in [1.165, 1.54) is 0 Å². The Labute approximate surface area is 132 Å². The second-order valence-electron chi connectivity index (χ2n) is 4.97. The molecule has 5 heteroatoms. The van der Waals surface area contributed by atoms with Gasteiger partial charge in [0.2, 0.25) is 0 Å². The molecule has 0 saturated carbocycles. The summed E-state index contributed by atoms with van der Waals surface area (Å²) in [6, 6.07) is 16.5. The molecule has 3 rings (SSSR count). The number of aromatic nitrogens is 2. The van der Waals surface area contributed by atoms with Crippen molar-refractivity contribution in [2.24, 2.45) is 0 Å². The molecule has 0 saturated heterocycles. The number of benzene rings is 2. The van der Waals surface area contributed by atoms with Gasteiger partial charge in [0.05, 0.1) is 11.4 Å². The van der Waals surface area contributed by atoms with Gasteiger partial charge >= 0.3 is 5.97 Å². The topological polar surface area (TPSA) is 55.1 Å². The Balaban J connectivity index is 2.17. The van der Waals surface area contributed by atoms with Crippen LogP contribution in [0.1, 0.15) is 16.1 Å². The Morgan fingerprint density at radius 2 is 1.73 bits per heavy atom. The molecule has 0 amide bonds. The lowest BCUT2D eigenvalue weighted by Crippen LogP contribution is -2.02. The first kappa shape index (κ1) is 14.4. The fourth-order valence-corrected chi connectivity index (χ4v) is 2.32. The lowest BCUT2D eigenvalue weighted by molar-refractivity contribution is 0.0690. The fraction of sp³-hybridized carbons (Fsp3) is 0.0588. The number of nitrogens with zero attached hydrogens (tertiary/aromatic N) is 2. The summed E-state index contributed by atoms with van der Waals surface area (Å²) in [5.74, 6) is -1.05. The van der Waals surface area contributed by atoms with E-state index in [9.17, 15) is 9.90 Å². The van der Waals surface area contributed by atoms with Gasteiger partial charge in [0, 0.05) is 10.6 Å². The highest BCUT2D eigenvalue weighted by Crippen LogP contribution is 2.25. The van der Waals surface area contributed by atoms with E-state index in [4.69, 9.17) is 11.6 Å². The van der Waals surface area contributed by atoms with Gasteiger partial charge in [0.15, 0.2) is 5.69 Å². The van der Waals surface area contributed by atoms with Gasteiger partial charge in [-0.3, -0.25) is 0 Å². The zero-order valence-corrected chi connectivity index (χ0v) is 12.6. The Hall–Kier alpha value is -2.59. The summed E-state index contributed by atoms with van der Waals surface area (Å²) in [4.78, 5) is 11.2. The molecule has 0 aliphatic carbocycles. The van der Waals surface area contributed by atoms with E-state index in [1.807, 2.05) is 31.2 Å². The molecular weight excluding hydrogens is 300 g/mol. The normalized spacial score (nSPS) is 10.6. The molecule has 1 aromatic heterocycles. The molecule has 0 spiro atoms. The van der Waals surface area contributed by atoms with Crippen molar-refractivity contribution in [2.75, 3.05) is 0 Å². The van der Waals surface area contributed by atoms with Crippen LogP contribution < -0.4 is 0 Å². The van der Waals surface area contributed by atoms with Crippen molar-refractivity contribution in [3.8, 4) is 16.9 Å². The largest absolute Gasteiger partial charge is 0.476 e. The maximum absolute atomic E-state index is 11.2. The second-order valence-corrected chi connectivity index (χ2v) is 5.41. The molecule has 3 aromatic rings. The van der Waals surface area contributed by atoms with Gasteiger partial charge in [-0.2, -0.15) is 5.10 Å². The number of carbonyl (C=O) groups is 1. The van der Waals surface area contributed by atoms with Gasteiger partial charge in [0.25, 0.3) is 0 Å². The van der Waals surface area contributed by atoms with Crippen LogP contribution in [0.3, 0.4) is 0 Å². The minimum atomic E-state index is -1.05. The predicted octanol–water partition coefficient (Wildman–Crippen LogP) is 4.20. The van der Waals surface area contributed by atoms with E-state index in [0.29, 0.717) is 5.02 Å². The van der Waals surface area contributed by atoms with Gasteiger partial charge in [-0.25, -0.2) is 9.48 Å². The molecule has 4 nitrogen and oxygen atoms in total. The maximum Gasteiger partial charge on any atom is 0.356 e. The molecule has 0 fully saturated rings. The van der Waals surface area contributed by atoms with Crippen molar-refractivity contribution < 1.29 is 9.90 Å². The van der Waals surface area contributed by atoms with Gasteiger partial charge in [-0.1, -0.05) is 41.4 Å². The quantitative estimate of drug-likeness (QED) is 0.788. The Kier molecular flexibility index (Phi) is 3.69. The maximum atomic E-state index is 11.2. The average molecular weight is 313 g/mol. The summed E-state index contributed by atoms with van der Waals surface area (Å²) in [5, 5.41) is 14.0. The van der Waals surface area contributed by atoms with Crippen LogP contribution in [0.4, 0.5) is 0 Å². The Bertz CT molecular complexity index is 758. The zero-order valence-electron chi connectivity index (χ0n) is 11.8. The molecule has 0 aliphatic heterocycles. The number of aromatic carboxylic acids is 1. The van der Waals surface area contributed by atoms with Crippen LogP contribution in [0, 0.1) is 6.92 Å². The van der Waals surface area contributed by atoms with Crippen LogP contribution in [0.15, 0.2) is 54.6 Å².